The van der Waals surface area contributed by atoms with Gasteiger partial charge in [-0.1, -0.05) is 25.1 Å². The third-order valence-corrected chi connectivity index (χ3v) is 3.68. The molecular weight excluding hydrogens is 218 g/mol. The molecule has 1 aliphatic rings. The summed E-state index contributed by atoms with van der Waals surface area (Å²) >= 11 is 1.89. The van der Waals surface area contributed by atoms with Crippen LogP contribution in [0, 0.1) is 0 Å². The van der Waals surface area contributed by atoms with Gasteiger partial charge >= 0.3 is 0 Å². The van der Waals surface area contributed by atoms with E-state index in [1.807, 2.05) is 30.0 Å². The zero-order valence-corrected chi connectivity index (χ0v) is 10.3. The largest absolute Gasteiger partial charge is 0.326 e. The van der Waals surface area contributed by atoms with Gasteiger partial charge in [-0.05, 0) is 24.1 Å². The maximum absolute atomic E-state index is 11.0. The van der Waals surface area contributed by atoms with Crippen LogP contribution in [0.2, 0.25) is 0 Å². The monoisotopic (exact) mass is 233 g/mol. The van der Waals surface area contributed by atoms with Gasteiger partial charge in [0.25, 0.3) is 0 Å². The summed E-state index contributed by atoms with van der Waals surface area (Å²) in [5, 5.41) is 3.47. The molecule has 0 aliphatic carbocycles. The highest BCUT2D eigenvalue weighted by molar-refractivity contribution is 8.09. The number of thioether (sulfide) groups is 1. The fourth-order valence-corrected chi connectivity index (χ4v) is 2.81. The molecule has 1 aromatic rings. The number of rotatable bonds is 2. The topological polar surface area (TPSA) is 29.1 Å². The molecule has 1 atom stereocenters. The van der Waals surface area contributed by atoms with Crippen molar-refractivity contribution in [1.29, 1.82) is 0 Å². The van der Waals surface area contributed by atoms with E-state index in [1.165, 1.54) is 17.4 Å². The highest BCUT2D eigenvalue weighted by Crippen LogP contribution is 2.39. The van der Waals surface area contributed by atoms with Gasteiger partial charge in [0.1, 0.15) is 0 Å². The Morgan fingerprint density at radius 3 is 2.94 bits per heavy atom. The number of hydrogen-bond acceptors (Lipinski definition) is 2. The summed E-state index contributed by atoms with van der Waals surface area (Å²) < 4.78 is 0. The second-order valence-electron chi connectivity index (χ2n) is 3.99. The molecule has 84 valence electrons. The predicted molar refractivity (Wildman–Crippen MR) is 70.4 cm³/mol. The van der Waals surface area contributed by atoms with E-state index in [2.05, 4.69) is 24.4 Å². The van der Waals surface area contributed by atoms with Crippen LogP contribution in [0.5, 0.6) is 0 Å². The Morgan fingerprint density at radius 2 is 2.31 bits per heavy atom. The minimum Gasteiger partial charge on any atom is -0.326 e. The minimum atomic E-state index is -0.0291. The molecule has 1 aromatic carbocycles. The first kappa shape index (κ1) is 11.3. The summed E-state index contributed by atoms with van der Waals surface area (Å²) in [4.78, 5) is 12.3. The van der Waals surface area contributed by atoms with Crippen molar-refractivity contribution in [2.24, 2.45) is 0 Å². The lowest BCUT2D eigenvalue weighted by molar-refractivity contribution is -0.114. The highest BCUT2D eigenvalue weighted by Gasteiger charge is 2.14. The highest BCUT2D eigenvalue weighted by atomic mass is 32.2. The molecule has 1 unspecified atom stereocenters. The number of amides is 1. The lowest BCUT2D eigenvalue weighted by atomic mass is 10.1. The minimum absolute atomic E-state index is 0.0291. The zero-order valence-electron chi connectivity index (χ0n) is 9.49. The van der Waals surface area contributed by atoms with Gasteiger partial charge in [0.15, 0.2) is 0 Å². The molecule has 0 bridgehead atoms. The Bertz CT molecular complexity index is 439. The molecule has 16 heavy (non-hydrogen) atoms. The van der Waals surface area contributed by atoms with Crippen molar-refractivity contribution in [3.63, 3.8) is 0 Å². The van der Waals surface area contributed by atoms with Crippen molar-refractivity contribution in [1.82, 2.24) is 0 Å². The molecule has 0 saturated carbocycles. The average molecular weight is 233 g/mol. The fourth-order valence-electron chi connectivity index (χ4n) is 1.73. The van der Waals surface area contributed by atoms with Gasteiger partial charge in [-0.25, -0.2) is 0 Å². The number of carbonyl (C=O) groups is 1. The lowest BCUT2D eigenvalue weighted by Crippen LogP contribution is -2.05. The molecule has 0 radical (unpaired) electrons. The smallest absolute Gasteiger partial charge is 0.221 e. The van der Waals surface area contributed by atoms with E-state index in [1.54, 1.807) is 0 Å². The summed E-state index contributed by atoms with van der Waals surface area (Å²) in [7, 11) is 0. The number of allylic oxidation sites excluding steroid dienone is 1. The Morgan fingerprint density at radius 1 is 1.50 bits per heavy atom. The van der Waals surface area contributed by atoms with Crippen LogP contribution in [0.1, 0.15) is 25.8 Å². The third-order valence-electron chi connectivity index (χ3n) is 2.43. The maximum Gasteiger partial charge on any atom is 0.221 e. The van der Waals surface area contributed by atoms with Gasteiger partial charge in [0.2, 0.25) is 5.91 Å². The number of hydrogen-bond donors (Lipinski definition) is 1. The van der Waals surface area contributed by atoms with Crippen molar-refractivity contribution in [2.75, 3.05) is 5.32 Å². The second-order valence-corrected chi connectivity index (χ2v) is 5.47. The number of anilines is 1. The Hall–Kier alpha value is -1.22. The molecular formula is C13H15NOS. The molecule has 2 nitrogen and oxygen atoms in total. The quantitative estimate of drug-likeness (QED) is 0.847. The van der Waals surface area contributed by atoms with Gasteiger partial charge in [0, 0.05) is 22.8 Å². The van der Waals surface area contributed by atoms with Gasteiger partial charge in [-0.3, -0.25) is 4.79 Å². The van der Waals surface area contributed by atoms with Crippen LogP contribution >= 0.6 is 11.8 Å². The molecule has 3 heteroatoms. The summed E-state index contributed by atoms with van der Waals surface area (Å²) in [5.41, 5.74) is 2.06. The van der Waals surface area contributed by atoms with Crippen LogP contribution in [0.4, 0.5) is 5.69 Å². The van der Waals surface area contributed by atoms with E-state index in [-0.39, 0.29) is 5.91 Å². The maximum atomic E-state index is 11.0. The van der Waals surface area contributed by atoms with Crippen molar-refractivity contribution < 1.29 is 4.79 Å². The molecule has 1 heterocycles. The lowest BCUT2D eigenvalue weighted by Gasteiger charge is -2.07. The number of benzene rings is 1. The summed E-state index contributed by atoms with van der Waals surface area (Å²) in [6.07, 6.45) is 3.40. The van der Waals surface area contributed by atoms with E-state index >= 15 is 0 Å². The van der Waals surface area contributed by atoms with Gasteiger partial charge in [0.05, 0.1) is 0 Å². The molecule has 0 fully saturated rings. The Balaban J connectivity index is 2.19. The molecule has 1 aliphatic heterocycles. The average Bonchev–Trinajstić information content (AvgIpc) is 2.64. The molecule has 0 spiro atoms. The van der Waals surface area contributed by atoms with Crippen molar-refractivity contribution in [3.05, 3.63) is 35.9 Å². The standard InChI is InChI=1S/C13H15NOS/c1-9-6-7-13(16-9)11-4-3-5-12(8-11)14-10(2)15/h3-5,7-9H,6H2,1-2H3,(H,14,15). The van der Waals surface area contributed by atoms with Crippen LogP contribution in [0.3, 0.4) is 0 Å². The van der Waals surface area contributed by atoms with Gasteiger partial charge in [-0.15, -0.1) is 11.8 Å². The SMILES string of the molecule is CC(=O)Nc1cccc(C2=CCC(C)S2)c1. The van der Waals surface area contributed by atoms with Gasteiger partial charge in [-0.2, -0.15) is 0 Å². The van der Waals surface area contributed by atoms with Crippen LogP contribution < -0.4 is 5.32 Å². The first-order valence-corrected chi connectivity index (χ1v) is 6.28. The zero-order chi connectivity index (χ0) is 11.5. The summed E-state index contributed by atoms with van der Waals surface area (Å²) in [6.45, 7) is 3.75. The number of carbonyl (C=O) groups excluding carboxylic acids is 1. The first-order chi connectivity index (χ1) is 7.65. The molecule has 0 aromatic heterocycles. The second kappa shape index (κ2) is 4.74. The van der Waals surface area contributed by atoms with Crippen molar-refractivity contribution in [2.45, 2.75) is 25.5 Å². The van der Waals surface area contributed by atoms with E-state index in [0.29, 0.717) is 5.25 Å². The van der Waals surface area contributed by atoms with Gasteiger partial charge < -0.3 is 5.32 Å². The molecule has 1 N–H and O–H groups in total. The van der Waals surface area contributed by atoms with Crippen molar-refractivity contribution >= 4 is 28.3 Å². The predicted octanol–water partition coefficient (Wildman–Crippen LogP) is 3.51. The normalized spacial score (nSPS) is 19.4. The van der Waals surface area contributed by atoms with Crippen LogP contribution in [-0.2, 0) is 4.79 Å². The third kappa shape index (κ3) is 2.67. The molecule has 1 amide bonds. The fraction of sp³-hybridized carbons (Fsp3) is 0.308. The van der Waals surface area contributed by atoms with E-state index in [0.717, 1.165) is 12.1 Å². The van der Waals surface area contributed by atoms with Crippen LogP contribution in [0.25, 0.3) is 4.91 Å². The van der Waals surface area contributed by atoms with Crippen LogP contribution in [-0.4, -0.2) is 11.2 Å². The Kier molecular flexibility index (Phi) is 3.34. The Labute approximate surface area is 100 Å². The molecule has 2 rings (SSSR count). The van der Waals surface area contributed by atoms with Crippen molar-refractivity contribution in [3.8, 4) is 0 Å². The van der Waals surface area contributed by atoms with E-state index in [9.17, 15) is 4.79 Å². The van der Waals surface area contributed by atoms with E-state index in [4.69, 9.17) is 0 Å². The number of nitrogens with one attached hydrogen (secondary N) is 1. The first-order valence-electron chi connectivity index (χ1n) is 5.40. The summed E-state index contributed by atoms with van der Waals surface area (Å²) in [6, 6.07) is 8.00. The van der Waals surface area contributed by atoms with E-state index < -0.39 is 0 Å². The summed E-state index contributed by atoms with van der Waals surface area (Å²) in [5.74, 6) is -0.0291. The molecule has 0 saturated heterocycles. The van der Waals surface area contributed by atoms with Crippen LogP contribution in [0.15, 0.2) is 30.3 Å².